The van der Waals surface area contributed by atoms with Gasteiger partial charge in [-0.2, -0.15) is 0 Å². The number of amides is 1. The van der Waals surface area contributed by atoms with E-state index in [4.69, 9.17) is 29.6 Å². The quantitative estimate of drug-likeness (QED) is 0.688. The normalized spacial score (nSPS) is 17.9. The molecule has 1 amide bonds. The molecule has 1 aromatic rings. The van der Waals surface area contributed by atoms with E-state index in [0.29, 0.717) is 27.3 Å². The minimum absolute atomic E-state index is 0.102. The number of hydrogen-bond donors (Lipinski definition) is 1. The van der Waals surface area contributed by atoms with Crippen LogP contribution in [0.15, 0.2) is 29.2 Å². The van der Waals surface area contributed by atoms with Crippen LogP contribution in [0.2, 0.25) is 5.02 Å². The molecule has 0 saturated carbocycles. The average Bonchev–Trinajstić information content (AvgIpc) is 2.60. The predicted molar refractivity (Wildman–Crippen MR) is 80.4 cm³/mol. The zero-order chi connectivity index (χ0) is 13.1. The highest BCUT2D eigenvalue weighted by molar-refractivity contribution is 8.26. The van der Waals surface area contributed by atoms with Crippen molar-refractivity contribution in [2.45, 2.75) is 0 Å². The van der Waals surface area contributed by atoms with Gasteiger partial charge in [0.05, 0.1) is 4.91 Å². The smallest absolute Gasteiger partial charge is 0.266 e. The van der Waals surface area contributed by atoms with Crippen molar-refractivity contribution >= 4 is 51.9 Å². The van der Waals surface area contributed by atoms with Crippen LogP contribution in [-0.2, 0) is 4.79 Å². The second-order valence-corrected chi connectivity index (χ2v) is 5.73. The van der Waals surface area contributed by atoms with Gasteiger partial charge in [0.15, 0.2) is 0 Å². The number of halogens is 1. The van der Waals surface area contributed by atoms with E-state index in [0.717, 1.165) is 5.56 Å². The first-order chi connectivity index (χ1) is 8.63. The van der Waals surface area contributed by atoms with Crippen LogP contribution in [0, 0.1) is 0 Å². The number of thiocarbonyl (C=S) groups is 1. The van der Waals surface area contributed by atoms with Gasteiger partial charge in [0.25, 0.3) is 5.91 Å². The van der Waals surface area contributed by atoms with Gasteiger partial charge in [0.2, 0.25) is 0 Å². The SMILES string of the molecule is NCCN1C(=O)/C(=C\c2ccccc2Cl)SC1=S. The van der Waals surface area contributed by atoms with E-state index in [-0.39, 0.29) is 5.91 Å². The fourth-order valence-corrected chi connectivity index (χ4v) is 3.04. The number of carbonyl (C=O) groups is 1. The minimum Gasteiger partial charge on any atom is -0.329 e. The Balaban J connectivity index is 2.28. The van der Waals surface area contributed by atoms with Crippen LogP contribution in [0.4, 0.5) is 0 Å². The Morgan fingerprint density at radius 1 is 1.44 bits per heavy atom. The van der Waals surface area contributed by atoms with E-state index in [1.54, 1.807) is 12.1 Å². The third kappa shape index (κ3) is 2.75. The number of thioether (sulfide) groups is 1. The van der Waals surface area contributed by atoms with Gasteiger partial charge in [-0.3, -0.25) is 9.69 Å². The Hall–Kier alpha value is -0.880. The molecule has 2 rings (SSSR count). The van der Waals surface area contributed by atoms with Crippen molar-refractivity contribution in [3.05, 3.63) is 39.8 Å². The maximum Gasteiger partial charge on any atom is 0.266 e. The number of hydrogen-bond acceptors (Lipinski definition) is 4. The van der Waals surface area contributed by atoms with Gasteiger partial charge in [-0.25, -0.2) is 0 Å². The first-order valence-electron chi connectivity index (χ1n) is 5.33. The first kappa shape index (κ1) is 13.5. The molecule has 0 aliphatic carbocycles. The molecule has 3 nitrogen and oxygen atoms in total. The van der Waals surface area contributed by atoms with Crippen molar-refractivity contribution in [2.24, 2.45) is 5.73 Å². The Morgan fingerprint density at radius 3 is 2.83 bits per heavy atom. The number of carbonyl (C=O) groups excluding carboxylic acids is 1. The highest BCUT2D eigenvalue weighted by atomic mass is 35.5. The molecule has 0 unspecified atom stereocenters. The highest BCUT2D eigenvalue weighted by Crippen LogP contribution is 2.33. The lowest BCUT2D eigenvalue weighted by atomic mass is 10.2. The van der Waals surface area contributed by atoms with E-state index in [2.05, 4.69) is 0 Å². The molecular weight excluding hydrogens is 288 g/mol. The van der Waals surface area contributed by atoms with Gasteiger partial charge in [-0.15, -0.1) is 0 Å². The lowest BCUT2D eigenvalue weighted by Gasteiger charge is -2.11. The molecule has 0 atom stereocenters. The topological polar surface area (TPSA) is 46.3 Å². The molecule has 2 N–H and O–H groups in total. The monoisotopic (exact) mass is 298 g/mol. The van der Waals surface area contributed by atoms with Crippen LogP contribution in [0.3, 0.4) is 0 Å². The second kappa shape index (κ2) is 5.84. The zero-order valence-electron chi connectivity index (χ0n) is 9.43. The van der Waals surface area contributed by atoms with Crippen LogP contribution in [0.1, 0.15) is 5.56 Å². The molecule has 0 aromatic heterocycles. The van der Waals surface area contributed by atoms with Crippen molar-refractivity contribution in [1.82, 2.24) is 4.90 Å². The van der Waals surface area contributed by atoms with Crippen molar-refractivity contribution < 1.29 is 4.79 Å². The largest absolute Gasteiger partial charge is 0.329 e. The van der Waals surface area contributed by atoms with Crippen molar-refractivity contribution in [3.8, 4) is 0 Å². The van der Waals surface area contributed by atoms with Crippen LogP contribution in [-0.4, -0.2) is 28.2 Å². The maximum absolute atomic E-state index is 12.1. The van der Waals surface area contributed by atoms with Gasteiger partial charge in [-0.1, -0.05) is 53.8 Å². The molecule has 0 spiro atoms. The molecule has 1 fully saturated rings. The molecule has 0 bridgehead atoms. The van der Waals surface area contributed by atoms with Crippen molar-refractivity contribution in [2.75, 3.05) is 13.1 Å². The fraction of sp³-hybridized carbons (Fsp3) is 0.167. The summed E-state index contributed by atoms with van der Waals surface area (Å²) in [6, 6.07) is 7.36. The molecule has 1 heterocycles. The van der Waals surface area contributed by atoms with Gasteiger partial charge in [-0.05, 0) is 17.7 Å². The van der Waals surface area contributed by atoms with Crippen molar-refractivity contribution in [1.29, 1.82) is 0 Å². The zero-order valence-corrected chi connectivity index (χ0v) is 11.8. The molecule has 18 heavy (non-hydrogen) atoms. The summed E-state index contributed by atoms with van der Waals surface area (Å²) in [6.07, 6.45) is 1.76. The summed E-state index contributed by atoms with van der Waals surface area (Å²) in [4.78, 5) is 14.2. The average molecular weight is 299 g/mol. The molecule has 6 heteroatoms. The van der Waals surface area contributed by atoms with Gasteiger partial charge in [0.1, 0.15) is 4.32 Å². The summed E-state index contributed by atoms with van der Waals surface area (Å²) < 4.78 is 0.545. The summed E-state index contributed by atoms with van der Waals surface area (Å²) in [6.45, 7) is 0.844. The van der Waals surface area contributed by atoms with Gasteiger partial charge in [0, 0.05) is 18.1 Å². The fourth-order valence-electron chi connectivity index (χ4n) is 1.56. The Labute approximate surface area is 120 Å². The number of nitrogens with two attached hydrogens (primary N) is 1. The number of rotatable bonds is 3. The molecule has 1 aromatic carbocycles. The molecule has 1 aliphatic rings. The molecule has 94 valence electrons. The van der Waals surface area contributed by atoms with E-state index in [1.807, 2.05) is 18.2 Å². The second-order valence-electron chi connectivity index (χ2n) is 3.64. The summed E-state index contributed by atoms with van der Waals surface area (Å²) in [7, 11) is 0. The summed E-state index contributed by atoms with van der Waals surface area (Å²) in [5.74, 6) is -0.102. The van der Waals surface area contributed by atoms with Crippen molar-refractivity contribution in [3.63, 3.8) is 0 Å². The molecule has 1 saturated heterocycles. The first-order valence-corrected chi connectivity index (χ1v) is 6.93. The predicted octanol–water partition coefficient (Wildman–Crippen LogP) is 2.50. The standard InChI is InChI=1S/C12H11ClN2OS2/c13-9-4-2-1-3-8(9)7-10-11(16)15(6-5-14)12(17)18-10/h1-4,7H,5-6,14H2/b10-7+. The molecular formula is C12H11ClN2OS2. The van der Waals surface area contributed by atoms with E-state index in [9.17, 15) is 4.79 Å². The van der Waals surface area contributed by atoms with E-state index in [1.165, 1.54) is 16.7 Å². The summed E-state index contributed by atoms with van der Waals surface area (Å²) in [5, 5.41) is 0.613. The van der Waals surface area contributed by atoms with E-state index >= 15 is 0 Å². The number of benzene rings is 1. The number of nitrogens with zero attached hydrogens (tertiary/aromatic N) is 1. The Morgan fingerprint density at radius 2 is 2.17 bits per heavy atom. The lowest BCUT2D eigenvalue weighted by molar-refractivity contribution is -0.122. The highest BCUT2D eigenvalue weighted by Gasteiger charge is 2.31. The van der Waals surface area contributed by atoms with Crippen LogP contribution in [0.25, 0.3) is 6.08 Å². The molecule has 0 radical (unpaired) electrons. The lowest BCUT2D eigenvalue weighted by Crippen LogP contribution is -2.32. The van der Waals surface area contributed by atoms with E-state index < -0.39 is 0 Å². The van der Waals surface area contributed by atoms with Crippen LogP contribution < -0.4 is 5.73 Å². The summed E-state index contributed by atoms with van der Waals surface area (Å²) >= 11 is 12.5. The van der Waals surface area contributed by atoms with Gasteiger partial charge < -0.3 is 5.73 Å². The summed E-state index contributed by atoms with van der Waals surface area (Å²) in [5.41, 5.74) is 6.26. The third-order valence-electron chi connectivity index (χ3n) is 2.42. The van der Waals surface area contributed by atoms with Crippen LogP contribution in [0.5, 0.6) is 0 Å². The Bertz CT molecular complexity index is 531. The minimum atomic E-state index is -0.102. The third-order valence-corrected chi connectivity index (χ3v) is 4.14. The molecule has 1 aliphatic heterocycles. The maximum atomic E-state index is 12.1. The Kier molecular flexibility index (Phi) is 4.40. The van der Waals surface area contributed by atoms with Gasteiger partial charge >= 0.3 is 0 Å². The van der Waals surface area contributed by atoms with Crippen LogP contribution >= 0.6 is 35.6 Å².